The zero-order chi connectivity index (χ0) is 20.0. The molecule has 25 heavy (non-hydrogen) atoms. The first-order valence-corrected chi connectivity index (χ1v) is 13.0. The third-order valence-electron chi connectivity index (χ3n) is 4.05. The van der Waals surface area contributed by atoms with Crippen molar-refractivity contribution in [2.45, 2.75) is 95.6 Å². The summed E-state index contributed by atoms with van der Waals surface area (Å²) in [6.45, 7) is 12.4. The van der Waals surface area contributed by atoms with Crippen LogP contribution in [0.25, 0.3) is 0 Å². The van der Waals surface area contributed by atoms with E-state index in [9.17, 15) is 0 Å². The quantitative estimate of drug-likeness (QED) is 0.257. The van der Waals surface area contributed by atoms with Gasteiger partial charge in [-0.05, 0) is 19.6 Å². The van der Waals surface area contributed by atoms with E-state index in [0.717, 1.165) is 0 Å². The summed E-state index contributed by atoms with van der Waals surface area (Å²) in [6, 6.07) is 0. The largest absolute Gasteiger partial charge is 0.394 e. The van der Waals surface area contributed by atoms with E-state index in [-0.39, 0.29) is 0 Å². The molecule has 0 amide bonds. The summed E-state index contributed by atoms with van der Waals surface area (Å²) >= 11 is 1.41. The molecule has 0 aromatic carbocycles. The van der Waals surface area contributed by atoms with Crippen LogP contribution in [0, 0.1) is 0 Å². The fourth-order valence-electron chi connectivity index (χ4n) is 2.41. The van der Waals surface area contributed by atoms with Crippen LogP contribution in [0.3, 0.4) is 0 Å². The van der Waals surface area contributed by atoms with E-state index in [4.69, 9.17) is 17.5 Å². The molecule has 0 aliphatic carbocycles. The smallest absolute Gasteiger partial charge is 0.304 e. The molecule has 0 aliphatic heterocycles. The molecule has 7 heteroatoms. The average molecular weight is 392 g/mol. The predicted octanol–water partition coefficient (Wildman–Crippen LogP) is 5.19. The molecule has 0 aliphatic rings. The van der Waals surface area contributed by atoms with Crippen molar-refractivity contribution < 1.29 is 17.5 Å². The predicted molar refractivity (Wildman–Crippen MR) is 110 cm³/mol. The molecule has 0 heterocycles. The maximum Gasteiger partial charge on any atom is 0.394 e. The van der Waals surface area contributed by atoms with Crippen molar-refractivity contribution in [3.05, 3.63) is 0 Å². The fourth-order valence-corrected chi connectivity index (χ4v) is 2.91. The molecule has 0 fully saturated rings. The Morgan fingerprint density at radius 3 is 1.16 bits per heavy atom. The number of rotatable bonds is 13. The minimum absolute atomic E-state index is 1.19. The Labute approximate surface area is 175 Å². The van der Waals surface area contributed by atoms with Crippen LogP contribution in [-0.2, 0) is 10.4 Å². The molecule has 2 N–H and O–H groups in total. The van der Waals surface area contributed by atoms with Crippen LogP contribution in [0.15, 0.2) is 0 Å². The second kappa shape index (κ2) is 24.8. The maximum absolute atomic E-state index is 8.74. The summed E-state index contributed by atoms with van der Waals surface area (Å²) in [5.41, 5.74) is 0. The summed E-state index contributed by atoms with van der Waals surface area (Å²) in [7, 11) is -4.67. The molecule has 0 unspecified atom stereocenters. The minimum Gasteiger partial charge on any atom is -0.304 e. The van der Waals surface area contributed by atoms with Gasteiger partial charge in [-0.25, -0.2) is 0 Å². The van der Waals surface area contributed by atoms with E-state index < -0.39 is 10.4 Å². The van der Waals surface area contributed by atoms with Gasteiger partial charge in [0.25, 0.3) is 0 Å². The van der Waals surface area contributed by atoms with Crippen molar-refractivity contribution in [2.75, 3.05) is 19.6 Å². The maximum atomic E-state index is 8.74. The molecule has 0 atom stereocenters. The Kier molecular flexibility index (Phi) is 30.3. The van der Waals surface area contributed by atoms with Gasteiger partial charge in [-0.2, -0.15) is 8.42 Å². The Bertz CT molecular complexity index is 300. The monoisotopic (exact) mass is 391 g/mol. The summed E-state index contributed by atoms with van der Waals surface area (Å²) < 4.78 is 33.1. The Morgan fingerprint density at radius 1 is 0.680 bits per heavy atom. The van der Waals surface area contributed by atoms with Gasteiger partial charge in [0.1, 0.15) is 0 Å². The van der Waals surface area contributed by atoms with Crippen LogP contribution < -0.4 is 0 Å². The second-order valence-corrected chi connectivity index (χ2v) is 8.14. The van der Waals surface area contributed by atoms with Gasteiger partial charge in [0.2, 0.25) is 0 Å². The van der Waals surface area contributed by atoms with Crippen LogP contribution in [0.2, 0.25) is 3.67 Å². The van der Waals surface area contributed by atoms with Gasteiger partial charge in [-0.15, -0.1) is 0 Å². The molecular formula is C18H42NNaO4S. The molecule has 0 radical (unpaired) electrons. The van der Waals surface area contributed by atoms with Crippen molar-refractivity contribution in [3.8, 4) is 0 Å². The van der Waals surface area contributed by atoms with Crippen LogP contribution in [0.1, 0.15) is 91.9 Å². The zero-order valence-electron chi connectivity index (χ0n) is 17.5. The van der Waals surface area contributed by atoms with E-state index >= 15 is 0 Å². The van der Waals surface area contributed by atoms with Crippen LogP contribution in [0.5, 0.6) is 0 Å². The summed E-state index contributed by atoms with van der Waals surface area (Å²) in [5.74, 6) is 0. The molecule has 0 bridgehead atoms. The van der Waals surface area contributed by atoms with Crippen molar-refractivity contribution in [1.82, 2.24) is 4.90 Å². The molecule has 0 aromatic rings. The SMILES string of the molecule is CCCCCCCCCCC[CH2][Na].CCN(CC)CC.O=S(=O)(O)O. The zero-order valence-corrected chi connectivity index (χ0v) is 20.3. The molecule has 5 nitrogen and oxygen atoms in total. The van der Waals surface area contributed by atoms with E-state index in [2.05, 4.69) is 32.6 Å². The first kappa shape index (κ1) is 30.6. The van der Waals surface area contributed by atoms with E-state index in [0.29, 0.717) is 0 Å². The van der Waals surface area contributed by atoms with Crippen molar-refractivity contribution in [3.63, 3.8) is 0 Å². The topological polar surface area (TPSA) is 77.8 Å². The Morgan fingerprint density at radius 2 is 0.960 bits per heavy atom. The van der Waals surface area contributed by atoms with Crippen molar-refractivity contribution in [2.24, 2.45) is 0 Å². The second-order valence-electron chi connectivity index (χ2n) is 6.25. The summed E-state index contributed by atoms with van der Waals surface area (Å²) in [6.07, 6.45) is 14.7. The molecule has 0 saturated carbocycles. The minimum atomic E-state index is -4.67. The normalized spacial score (nSPS) is 10.8. The average Bonchev–Trinajstić information content (AvgIpc) is 2.54. The summed E-state index contributed by atoms with van der Waals surface area (Å²) in [4.78, 5) is 2.38. The van der Waals surface area contributed by atoms with Gasteiger partial charge < -0.3 is 4.90 Å². The number of unbranched alkanes of at least 4 members (excludes halogenated alkanes) is 9. The molecule has 0 aromatic heterocycles. The van der Waals surface area contributed by atoms with Gasteiger partial charge in [-0.1, -0.05) is 20.8 Å². The van der Waals surface area contributed by atoms with E-state index in [1.165, 1.54) is 115 Å². The number of hydrogen-bond acceptors (Lipinski definition) is 3. The van der Waals surface area contributed by atoms with Gasteiger partial charge in [0.05, 0.1) is 0 Å². The third kappa shape index (κ3) is 45.7. The van der Waals surface area contributed by atoms with Crippen molar-refractivity contribution >= 4 is 38.3 Å². The first-order chi connectivity index (χ1) is 11.8. The van der Waals surface area contributed by atoms with Crippen LogP contribution in [0.4, 0.5) is 0 Å². The first-order valence-electron chi connectivity index (χ1n) is 10.2. The van der Waals surface area contributed by atoms with Crippen LogP contribution >= 0.6 is 0 Å². The number of nitrogens with zero attached hydrogens (tertiary/aromatic N) is 1. The Hall–Kier alpha value is 0.830. The Balaban J connectivity index is -0.000000337. The van der Waals surface area contributed by atoms with Gasteiger partial charge >= 0.3 is 113 Å². The fraction of sp³-hybridized carbons (Fsp3) is 1.00. The molecule has 0 saturated heterocycles. The van der Waals surface area contributed by atoms with Gasteiger partial charge in [-0.3, -0.25) is 9.11 Å². The standard InChI is InChI=1S/C12H25.C6H15N.Na.H2O4S/c1-3-5-7-9-11-12-10-8-6-4-2;1-4-7(5-2)6-3;;1-5(2,3)4/h1,3-12H2,2H3;4-6H2,1-3H3;;(H2,1,2,3,4). The summed E-state index contributed by atoms with van der Waals surface area (Å²) in [5, 5.41) is 0. The van der Waals surface area contributed by atoms with E-state index in [1.807, 2.05) is 0 Å². The van der Waals surface area contributed by atoms with Crippen LogP contribution in [-0.4, -0.2) is 70.0 Å². The van der Waals surface area contributed by atoms with Gasteiger partial charge in [0.15, 0.2) is 0 Å². The molecular weight excluding hydrogens is 349 g/mol. The molecule has 0 spiro atoms. The van der Waals surface area contributed by atoms with E-state index in [1.54, 1.807) is 0 Å². The van der Waals surface area contributed by atoms with Crippen molar-refractivity contribution in [1.29, 1.82) is 0 Å². The van der Waals surface area contributed by atoms with Gasteiger partial charge in [0, 0.05) is 0 Å². The third-order valence-corrected chi connectivity index (χ3v) is 4.76. The molecule has 0 rings (SSSR count). The number of hydrogen-bond donors (Lipinski definition) is 2. The molecule has 150 valence electrons.